The van der Waals surface area contributed by atoms with Crippen LogP contribution in [0.4, 0.5) is 0 Å². The molecule has 1 unspecified atom stereocenters. The van der Waals surface area contributed by atoms with Crippen molar-refractivity contribution in [3.05, 3.63) is 0 Å². The van der Waals surface area contributed by atoms with Crippen LogP contribution in [-0.2, 0) is 15.3 Å². The highest BCUT2D eigenvalue weighted by atomic mass is 32.2. The third kappa shape index (κ3) is 8.15. The molecule has 18 heavy (non-hydrogen) atoms. The molecule has 1 saturated heterocycles. The number of rotatable bonds is 3. The van der Waals surface area contributed by atoms with Gasteiger partial charge < -0.3 is 15.3 Å². The van der Waals surface area contributed by atoms with Crippen LogP contribution < -0.4 is 5.32 Å². The van der Waals surface area contributed by atoms with Gasteiger partial charge in [0.25, 0.3) is 0 Å². The smallest absolute Gasteiger partial charge is 0.329 e. The molecule has 1 aliphatic rings. The SMILES string of the molecule is CC(C)C(N=S(=O)=O)C(=O)O.CN1CCNCC1. The molecule has 1 heterocycles. The minimum Gasteiger partial charge on any atom is -0.480 e. The fourth-order valence-corrected chi connectivity index (χ4v) is 1.84. The summed E-state index contributed by atoms with van der Waals surface area (Å²) in [6.45, 7) is 7.93. The highest BCUT2D eigenvalue weighted by Crippen LogP contribution is 2.05. The van der Waals surface area contributed by atoms with E-state index in [2.05, 4.69) is 21.6 Å². The third-order valence-electron chi connectivity index (χ3n) is 2.42. The van der Waals surface area contributed by atoms with Crippen LogP contribution in [0.3, 0.4) is 0 Å². The van der Waals surface area contributed by atoms with Gasteiger partial charge in [0.1, 0.15) is 0 Å². The topological polar surface area (TPSA) is 99.1 Å². The summed E-state index contributed by atoms with van der Waals surface area (Å²) in [6.07, 6.45) is 0. The highest BCUT2D eigenvalue weighted by molar-refractivity contribution is 7.61. The second-order valence-corrected chi connectivity index (χ2v) is 5.05. The van der Waals surface area contributed by atoms with Crippen LogP contribution in [0.15, 0.2) is 4.36 Å². The van der Waals surface area contributed by atoms with E-state index < -0.39 is 22.5 Å². The molecule has 8 heteroatoms. The first-order valence-corrected chi connectivity index (χ1v) is 6.80. The molecule has 7 nitrogen and oxygen atoms in total. The van der Waals surface area contributed by atoms with Crippen molar-refractivity contribution in [3.63, 3.8) is 0 Å². The molecule has 1 atom stereocenters. The van der Waals surface area contributed by atoms with Crippen molar-refractivity contribution in [2.45, 2.75) is 19.9 Å². The summed E-state index contributed by atoms with van der Waals surface area (Å²) in [5.74, 6) is -1.53. The van der Waals surface area contributed by atoms with Gasteiger partial charge in [0, 0.05) is 26.2 Å². The molecule has 0 bridgehead atoms. The van der Waals surface area contributed by atoms with Gasteiger partial charge in [-0.05, 0) is 13.0 Å². The molecule has 0 spiro atoms. The van der Waals surface area contributed by atoms with E-state index in [-0.39, 0.29) is 5.92 Å². The van der Waals surface area contributed by atoms with Crippen LogP contribution in [-0.4, -0.2) is 63.7 Å². The zero-order valence-corrected chi connectivity index (χ0v) is 11.8. The normalized spacial score (nSPS) is 17.6. The van der Waals surface area contributed by atoms with Crippen molar-refractivity contribution in [2.24, 2.45) is 10.3 Å². The van der Waals surface area contributed by atoms with Crippen LogP contribution in [0.25, 0.3) is 0 Å². The van der Waals surface area contributed by atoms with Crippen molar-refractivity contribution < 1.29 is 18.3 Å². The number of carboxylic acid groups (broad SMARTS) is 1. The van der Waals surface area contributed by atoms with E-state index in [0.717, 1.165) is 13.1 Å². The van der Waals surface area contributed by atoms with E-state index in [1.807, 2.05) is 0 Å². The first kappa shape index (κ1) is 17.0. The first-order valence-electron chi connectivity index (χ1n) is 5.77. The number of nitrogens with one attached hydrogen (secondary N) is 1. The lowest BCUT2D eigenvalue weighted by Gasteiger charge is -2.21. The molecule has 0 aromatic rings. The summed E-state index contributed by atoms with van der Waals surface area (Å²) >= 11 is 0. The van der Waals surface area contributed by atoms with Crippen LogP contribution in [0.5, 0.6) is 0 Å². The Balaban J connectivity index is 0.000000351. The van der Waals surface area contributed by atoms with Gasteiger partial charge in [-0.3, -0.25) is 0 Å². The maximum atomic E-state index is 10.3. The van der Waals surface area contributed by atoms with Gasteiger partial charge in [-0.25, -0.2) is 4.79 Å². The largest absolute Gasteiger partial charge is 0.480 e. The standard InChI is InChI=1S/C5H12N2.C5H9NO4S/c1-7-4-2-6-3-5-7;1-3(2)4(5(7)8)6-11(9)10/h6H,2-5H2,1H3;3-4H,1-2H3,(H,7,8). The molecule has 0 saturated carbocycles. The van der Waals surface area contributed by atoms with E-state index in [9.17, 15) is 13.2 Å². The Morgan fingerprint density at radius 2 is 1.83 bits per heavy atom. The molecular weight excluding hydrogens is 258 g/mol. The van der Waals surface area contributed by atoms with Crippen LogP contribution >= 0.6 is 0 Å². The Hall–Kier alpha value is -0.990. The Morgan fingerprint density at radius 3 is 2.00 bits per heavy atom. The highest BCUT2D eigenvalue weighted by Gasteiger charge is 2.20. The maximum Gasteiger partial charge on any atom is 0.329 e. The van der Waals surface area contributed by atoms with E-state index >= 15 is 0 Å². The molecule has 0 aromatic carbocycles. The van der Waals surface area contributed by atoms with Crippen LogP contribution in [0.1, 0.15) is 13.8 Å². The molecule has 1 rings (SSSR count). The predicted octanol–water partition coefficient (Wildman–Crippen LogP) is -0.320. The van der Waals surface area contributed by atoms with E-state index in [0.29, 0.717) is 0 Å². The number of likely N-dealkylation sites (N-methyl/N-ethyl adjacent to an activating group) is 1. The summed E-state index contributed by atoms with van der Waals surface area (Å²) in [5, 5.41) is 11.7. The monoisotopic (exact) mass is 279 g/mol. The lowest BCUT2D eigenvalue weighted by molar-refractivity contribution is -0.139. The molecule has 2 N–H and O–H groups in total. The molecular formula is C10H21N3O4S. The van der Waals surface area contributed by atoms with Gasteiger partial charge in [-0.15, -0.1) is 0 Å². The molecule has 1 fully saturated rings. The summed E-state index contributed by atoms with van der Waals surface area (Å²) in [7, 11) is -0.489. The van der Waals surface area contributed by atoms with Gasteiger partial charge in [0.2, 0.25) is 0 Å². The molecule has 0 aromatic heterocycles. The van der Waals surface area contributed by atoms with Crippen LogP contribution in [0, 0.1) is 5.92 Å². The van der Waals surface area contributed by atoms with Gasteiger partial charge in [0.15, 0.2) is 6.04 Å². The van der Waals surface area contributed by atoms with Crippen molar-refractivity contribution >= 4 is 16.5 Å². The third-order valence-corrected chi connectivity index (χ3v) is 2.82. The second kappa shape index (κ2) is 9.01. The van der Waals surface area contributed by atoms with Gasteiger partial charge >= 0.3 is 16.5 Å². The summed E-state index contributed by atoms with van der Waals surface area (Å²) in [5.41, 5.74) is 0. The molecule has 1 aliphatic heterocycles. The summed E-state index contributed by atoms with van der Waals surface area (Å²) in [6, 6.07) is -1.16. The van der Waals surface area contributed by atoms with Gasteiger partial charge in [0.05, 0.1) is 0 Å². The Morgan fingerprint density at radius 1 is 1.33 bits per heavy atom. The minimum absolute atomic E-state index is 0.314. The first-order chi connectivity index (χ1) is 8.34. The Labute approximate surface area is 109 Å². The van der Waals surface area contributed by atoms with E-state index in [1.54, 1.807) is 13.8 Å². The molecule has 0 aliphatic carbocycles. The number of carbonyl (C=O) groups is 1. The quantitative estimate of drug-likeness (QED) is 0.734. The zero-order valence-electron chi connectivity index (χ0n) is 11.0. The van der Waals surface area contributed by atoms with Gasteiger partial charge in [-0.1, -0.05) is 13.8 Å². The number of hydrogen-bond acceptors (Lipinski definition) is 6. The number of hydrogen-bond donors (Lipinski definition) is 2. The van der Waals surface area contributed by atoms with Crippen LogP contribution in [0.2, 0.25) is 0 Å². The summed E-state index contributed by atoms with van der Waals surface area (Å²) < 4.78 is 23.0. The molecule has 0 amide bonds. The van der Waals surface area contributed by atoms with Crippen molar-refractivity contribution in [1.29, 1.82) is 0 Å². The predicted molar refractivity (Wildman–Crippen MR) is 68.0 cm³/mol. The average molecular weight is 279 g/mol. The summed E-state index contributed by atoms with van der Waals surface area (Å²) in [4.78, 5) is 12.6. The Kier molecular flexibility index (Phi) is 8.51. The molecule has 106 valence electrons. The number of aliphatic carboxylic acids is 1. The van der Waals surface area contributed by atoms with E-state index in [1.165, 1.54) is 13.1 Å². The lowest BCUT2D eigenvalue weighted by Crippen LogP contribution is -2.40. The number of piperazine rings is 1. The molecule has 0 radical (unpaired) electrons. The average Bonchev–Trinajstić information content (AvgIpc) is 2.27. The fraction of sp³-hybridized carbons (Fsp3) is 0.900. The minimum atomic E-state index is -2.64. The zero-order chi connectivity index (χ0) is 14.1. The Bertz CT molecular complexity index is 367. The van der Waals surface area contributed by atoms with E-state index in [4.69, 9.17) is 5.11 Å². The second-order valence-electron chi connectivity index (χ2n) is 4.40. The van der Waals surface area contributed by atoms with Crippen molar-refractivity contribution in [3.8, 4) is 0 Å². The number of carboxylic acids is 1. The fourth-order valence-electron chi connectivity index (χ4n) is 1.32. The number of nitrogens with zero attached hydrogens (tertiary/aromatic N) is 2. The van der Waals surface area contributed by atoms with Crippen molar-refractivity contribution in [2.75, 3.05) is 33.2 Å². The lowest BCUT2D eigenvalue weighted by atomic mass is 10.1. The van der Waals surface area contributed by atoms with Gasteiger partial charge in [-0.2, -0.15) is 12.8 Å². The van der Waals surface area contributed by atoms with Crippen molar-refractivity contribution in [1.82, 2.24) is 10.2 Å². The maximum absolute atomic E-state index is 10.3.